The van der Waals surface area contributed by atoms with Crippen molar-refractivity contribution in [3.05, 3.63) is 12.2 Å². The lowest BCUT2D eigenvalue weighted by molar-refractivity contribution is -0.250. The molecule has 2 N–H and O–H groups in total. The average molecular weight is 739 g/mol. The van der Waals surface area contributed by atoms with Gasteiger partial charge in [0.25, 0.3) is 0 Å². The van der Waals surface area contributed by atoms with Gasteiger partial charge in [-0.25, -0.2) is 0 Å². The lowest BCUT2D eigenvalue weighted by Crippen LogP contribution is -2.67. The first-order chi connectivity index (χ1) is 24.6. The number of fused-ring (bicyclic) bond motifs is 7. The van der Waals surface area contributed by atoms with E-state index in [1.165, 1.54) is 5.57 Å². The van der Waals surface area contributed by atoms with Gasteiger partial charge in [0.1, 0.15) is 6.10 Å². The number of rotatable bonds is 10. The Labute approximate surface area is 319 Å². The van der Waals surface area contributed by atoms with Crippen LogP contribution in [-0.2, 0) is 23.9 Å². The molecule has 0 aromatic rings. The van der Waals surface area contributed by atoms with E-state index in [1.807, 2.05) is 0 Å². The van der Waals surface area contributed by atoms with E-state index in [9.17, 15) is 24.3 Å². The van der Waals surface area contributed by atoms with Crippen molar-refractivity contribution in [3.8, 4) is 0 Å². The fourth-order valence-electron chi connectivity index (χ4n) is 14.3. The highest BCUT2D eigenvalue weighted by atomic mass is 16.5. The monoisotopic (exact) mass is 739 g/mol. The molecule has 6 rings (SSSR count). The number of carboxylic acids is 2. The van der Waals surface area contributed by atoms with Crippen LogP contribution in [0.3, 0.4) is 0 Å². The Morgan fingerprint density at radius 3 is 2.11 bits per heavy atom. The Hall–Kier alpha value is -2.42. The fourth-order valence-corrected chi connectivity index (χ4v) is 14.3. The summed E-state index contributed by atoms with van der Waals surface area (Å²) in [7, 11) is 0. The summed E-state index contributed by atoms with van der Waals surface area (Å²) >= 11 is 0. The minimum absolute atomic E-state index is 0.103. The van der Waals surface area contributed by atoms with Crippen molar-refractivity contribution < 1.29 is 34.1 Å². The SMILES string of the molecule is C=C(C)[C@@H]1CC[C@]2(C(=O)N3CCN(CCCC(=O)O)CC3)CC[C@]3(C)[C@H](CC[C@@H]4[C@@]5(C)CC[C@H](OC(=O)CC(C)(C)C(=O)O)C(C)(C)[C@@H]5CC[C@]43C)[C@@H]12. The van der Waals surface area contributed by atoms with Crippen LogP contribution >= 0.6 is 0 Å². The molecular weight excluding hydrogens is 668 g/mol. The molecule has 0 radical (unpaired) electrons. The first-order valence-corrected chi connectivity index (χ1v) is 21.0. The highest BCUT2D eigenvalue weighted by Gasteiger charge is 2.72. The number of carbonyl (C=O) groups is 4. The van der Waals surface area contributed by atoms with E-state index in [4.69, 9.17) is 9.84 Å². The third-order valence-corrected chi connectivity index (χ3v) is 17.4. The molecule has 298 valence electrons. The van der Waals surface area contributed by atoms with E-state index >= 15 is 0 Å². The van der Waals surface area contributed by atoms with E-state index in [2.05, 4.69) is 57.9 Å². The number of nitrogens with zero attached hydrogens (tertiary/aromatic N) is 2. The highest BCUT2D eigenvalue weighted by Crippen LogP contribution is 2.77. The number of piperazine rings is 1. The fraction of sp³-hybridized carbons (Fsp3) is 0.864. The number of ether oxygens (including phenoxy) is 1. The molecule has 0 aromatic carbocycles. The zero-order valence-electron chi connectivity index (χ0n) is 34.2. The van der Waals surface area contributed by atoms with Gasteiger partial charge in [-0.3, -0.25) is 24.1 Å². The van der Waals surface area contributed by atoms with Crippen molar-refractivity contribution in [1.82, 2.24) is 9.80 Å². The number of carboxylic acid groups (broad SMARTS) is 2. The van der Waals surface area contributed by atoms with E-state index in [-0.39, 0.29) is 46.0 Å². The Morgan fingerprint density at radius 1 is 0.811 bits per heavy atom. The van der Waals surface area contributed by atoms with Crippen LogP contribution in [0, 0.1) is 62.1 Å². The molecule has 0 aromatic heterocycles. The molecule has 1 amide bonds. The Balaban J connectivity index is 1.21. The number of esters is 1. The molecule has 0 spiro atoms. The van der Waals surface area contributed by atoms with Gasteiger partial charge in [-0.2, -0.15) is 0 Å². The quantitative estimate of drug-likeness (QED) is 0.170. The molecule has 0 unspecified atom stereocenters. The van der Waals surface area contributed by atoms with Crippen LogP contribution in [0.15, 0.2) is 12.2 Å². The van der Waals surface area contributed by atoms with E-state index in [0.717, 1.165) is 96.9 Å². The summed E-state index contributed by atoms with van der Waals surface area (Å²) in [5.41, 5.74) is -0.134. The van der Waals surface area contributed by atoms with Gasteiger partial charge in [-0.05, 0) is 144 Å². The molecule has 10 atom stereocenters. The maximum Gasteiger partial charge on any atom is 0.309 e. The van der Waals surface area contributed by atoms with Gasteiger partial charge in [-0.1, -0.05) is 46.8 Å². The standard InChI is InChI=1S/C44H70N2O7/c1-28(2)29-14-19-44(37(50)46-25-23-45(24-26-46)22-10-11-34(47)48)21-20-42(8)30(36(29)44)12-13-32-41(7)17-16-33(53-35(49)27-39(3,4)38(51)52)40(5,6)31(41)15-18-43(32,42)9/h29-33,36H,1,10-27H2,2-9H3,(H,47,48)(H,51,52)/t29-,30+,31-,32+,33-,36+,41-,42+,43+,44-/m0/s1. The second-order valence-electron chi connectivity index (χ2n) is 20.7. The third kappa shape index (κ3) is 6.48. The number of hydrogen-bond donors (Lipinski definition) is 2. The predicted molar refractivity (Wildman–Crippen MR) is 205 cm³/mol. The van der Waals surface area contributed by atoms with Crippen LogP contribution in [0.25, 0.3) is 0 Å². The van der Waals surface area contributed by atoms with Gasteiger partial charge in [0.05, 0.1) is 17.3 Å². The molecule has 53 heavy (non-hydrogen) atoms. The normalized spacial score (nSPS) is 40.9. The van der Waals surface area contributed by atoms with Crippen LogP contribution < -0.4 is 0 Å². The van der Waals surface area contributed by atoms with Crippen molar-refractivity contribution in [2.24, 2.45) is 62.1 Å². The smallest absolute Gasteiger partial charge is 0.309 e. The minimum Gasteiger partial charge on any atom is -0.481 e. The second kappa shape index (κ2) is 14.0. The molecule has 1 aliphatic heterocycles. The number of carbonyl (C=O) groups excluding carboxylic acids is 2. The molecule has 0 bridgehead atoms. The Bertz CT molecular complexity index is 1480. The maximum absolute atomic E-state index is 14.9. The molecule has 9 heteroatoms. The maximum atomic E-state index is 14.9. The largest absolute Gasteiger partial charge is 0.481 e. The summed E-state index contributed by atoms with van der Waals surface area (Å²) in [6, 6.07) is 0. The Morgan fingerprint density at radius 2 is 1.49 bits per heavy atom. The summed E-state index contributed by atoms with van der Waals surface area (Å²) < 4.78 is 6.18. The van der Waals surface area contributed by atoms with Crippen LogP contribution in [0.1, 0.15) is 139 Å². The molecule has 6 fully saturated rings. The molecule has 9 nitrogen and oxygen atoms in total. The number of hydrogen-bond acceptors (Lipinski definition) is 6. The Kier molecular flexibility index (Phi) is 10.6. The average Bonchev–Trinajstić information content (AvgIpc) is 3.47. The summed E-state index contributed by atoms with van der Waals surface area (Å²) in [5, 5.41) is 18.7. The van der Waals surface area contributed by atoms with Crippen molar-refractivity contribution >= 4 is 23.8 Å². The molecule has 5 aliphatic carbocycles. The zero-order chi connectivity index (χ0) is 38.9. The lowest BCUT2D eigenvalue weighted by atomic mass is 9.32. The zero-order valence-corrected chi connectivity index (χ0v) is 34.2. The van der Waals surface area contributed by atoms with Crippen molar-refractivity contribution in [2.45, 2.75) is 145 Å². The van der Waals surface area contributed by atoms with Gasteiger partial charge >= 0.3 is 17.9 Å². The number of allylic oxidation sites excluding steroid dienone is 1. The number of amides is 1. The van der Waals surface area contributed by atoms with Gasteiger partial charge < -0.3 is 19.8 Å². The first kappa shape index (κ1) is 40.2. The van der Waals surface area contributed by atoms with Crippen LogP contribution in [0.2, 0.25) is 0 Å². The highest BCUT2D eigenvalue weighted by molar-refractivity contribution is 5.84. The summed E-state index contributed by atoms with van der Waals surface area (Å²) in [6.07, 6.45) is 10.8. The molecule has 6 aliphatic rings. The summed E-state index contributed by atoms with van der Waals surface area (Å²) in [4.78, 5) is 55.3. The van der Waals surface area contributed by atoms with E-state index in [1.54, 1.807) is 13.8 Å². The lowest BCUT2D eigenvalue weighted by Gasteiger charge is -2.73. The first-order valence-electron chi connectivity index (χ1n) is 21.0. The van der Waals surface area contributed by atoms with Crippen LogP contribution in [0.5, 0.6) is 0 Å². The van der Waals surface area contributed by atoms with E-state index in [0.29, 0.717) is 41.9 Å². The van der Waals surface area contributed by atoms with Gasteiger partial charge in [0, 0.05) is 38.0 Å². The van der Waals surface area contributed by atoms with Gasteiger partial charge in [0.2, 0.25) is 5.91 Å². The third-order valence-electron chi connectivity index (χ3n) is 17.4. The van der Waals surface area contributed by atoms with Gasteiger partial charge in [0.15, 0.2) is 0 Å². The molecule has 1 heterocycles. The molecule has 5 saturated carbocycles. The second-order valence-corrected chi connectivity index (χ2v) is 20.7. The van der Waals surface area contributed by atoms with Crippen molar-refractivity contribution in [3.63, 3.8) is 0 Å². The predicted octanol–water partition coefficient (Wildman–Crippen LogP) is 8.07. The number of aliphatic carboxylic acids is 2. The van der Waals surface area contributed by atoms with Crippen LogP contribution in [0.4, 0.5) is 0 Å². The molecular formula is C44H70N2O7. The summed E-state index contributed by atoms with van der Waals surface area (Å²) in [5.74, 6) is 0.312. The van der Waals surface area contributed by atoms with E-state index < -0.39 is 23.3 Å². The van der Waals surface area contributed by atoms with Crippen molar-refractivity contribution in [2.75, 3.05) is 32.7 Å². The minimum atomic E-state index is -1.16. The van der Waals surface area contributed by atoms with Gasteiger partial charge in [-0.15, -0.1) is 0 Å². The molecule has 1 saturated heterocycles. The van der Waals surface area contributed by atoms with Crippen LogP contribution in [-0.4, -0.2) is 82.7 Å². The topological polar surface area (TPSA) is 124 Å². The van der Waals surface area contributed by atoms with Crippen molar-refractivity contribution in [1.29, 1.82) is 0 Å². The summed E-state index contributed by atoms with van der Waals surface area (Å²) in [6.45, 7) is 26.1.